The predicted octanol–water partition coefficient (Wildman–Crippen LogP) is 3.29. The van der Waals surface area contributed by atoms with Gasteiger partial charge in [-0.05, 0) is 37.3 Å². The van der Waals surface area contributed by atoms with E-state index in [0.29, 0.717) is 23.7 Å². The number of hydrogen-bond acceptors (Lipinski definition) is 4. The molecule has 0 bridgehead atoms. The van der Waals surface area contributed by atoms with Gasteiger partial charge in [-0.25, -0.2) is 4.39 Å². The smallest absolute Gasteiger partial charge is 0.276 e. The van der Waals surface area contributed by atoms with E-state index in [1.165, 1.54) is 11.8 Å². The van der Waals surface area contributed by atoms with Crippen LogP contribution in [0.2, 0.25) is 5.02 Å². The summed E-state index contributed by atoms with van der Waals surface area (Å²) in [5, 5.41) is 11.6. The summed E-state index contributed by atoms with van der Waals surface area (Å²) < 4.78 is 14.0. The van der Waals surface area contributed by atoms with Crippen LogP contribution in [0.1, 0.15) is 26.3 Å². The van der Waals surface area contributed by atoms with Crippen molar-refractivity contribution in [1.82, 2.24) is 9.80 Å². The first kappa shape index (κ1) is 19.8. The Balaban J connectivity index is 1.69. The second-order valence-electron chi connectivity index (χ2n) is 6.45. The van der Waals surface area contributed by atoms with E-state index in [2.05, 4.69) is 0 Å². The van der Waals surface area contributed by atoms with Gasteiger partial charge in [0.1, 0.15) is 5.82 Å². The highest BCUT2D eigenvalue weighted by molar-refractivity contribution is 6.30. The monoisotopic (exact) mass is 405 g/mol. The molecule has 0 aromatic heterocycles. The number of hydrogen-bond donors (Lipinski definition) is 0. The van der Waals surface area contributed by atoms with Gasteiger partial charge in [0.2, 0.25) is 0 Å². The van der Waals surface area contributed by atoms with Gasteiger partial charge >= 0.3 is 0 Å². The van der Waals surface area contributed by atoms with E-state index in [1.54, 1.807) is 29.2 Å². The number of carbonyl (C=O) groups is 2. The molecule has 0 atom stereocenters. The third kappa shape index (κ3) is 3.96. The van der Waals surface area contributed by atoms with Crippen molar-refractivity contribution in [2.45, 2.75) is 6.92 Å². The van der Waals surface area contributed by atoms with E-state index < -0.39 is 22.3 Å². The minimum Gasteiger partial charge on any atom is -0.335 e. The molecule has 0 N–H and O–H groups in total. The fraction of sp³-hybridized carbons (Fsp3) is 0.263. The minimum atomic E-state index is -0.797. The fourth-order valence-corrected chi connectivity index (χ4v) is 3.17. The van der Waals surface area contributed by atoms with Gasteiger partial charge in [0.15, 0.2) is 0 Å². The summed E-state index contributed by atoms with van der Waals surface area (Å²) in [7, 11) is 0. The highest BCUT2D eigenvalue weighted by Gasteiger charge is 2.27. The standard InChI is InChI=1S/C19H17ClFN3O4/c1-12-16(21)10-14(11-17(12)24(27)28)19(26)23-8-6-22(7-9-23)18(25)13-2-4-15(20)5-3-13/h2-5,10-11H,6-9H2,1H3. The van der Waals surface area contributed by atoms with Crippen molar-refractivity contribution >= 4 is 29.1 Å². The van der Waals surface area contributed by atoms with E-state index in [-0.39, 0.29) is 30.1 Å². The molecule has 2 aromatic rings. The lowest BCUT2D eigenvalue weighted by Crippen LogP contribution is -2.50. The molecule has 0 saturated carbocycles. The summed E-state index contributed by atoms with van der Waals surface area (Å²) in [4.78, 5) is 38.6. The third-order valence-corrected chi connectivity index (χ3v) is 4.96. The molecule has 28 heavy (non-hydrogen) atoms. The summed E-state index contributed by atoms with van der Waals surface area (Å²) >= 11 is 5.83. The van der Waals surface area contributed by atoms with Gasteiger partial charge in [-0.15, -0.1) is 0 Å². The SMILES string of the molecule is Cc1c(F)cc(C(=O)N2CCN(C(=O)c3ccc(Cl)cc3)CC2)cc1[N+](=O)[O-]. The maximum atomic E-state index is 14.0. The Labute approximate surface area is 165 Å². The average Bonchev–Trinajstić information content (AvgIpc) is 2.69. The van der Waals surface area contributed by atoms with Gasteiger partial charge in [-0.2, -0.15) is 0 Å². The normalized spacial score (nSPS) is 14.1. The number of halogens is 2. The average molecular weight is 406 g/mol. The second kappa shape index (κ2) is 7.93. The molecule has 2 amide bonds. The van der Waals surface area contributed by atoms with E-state index in [0.717, 1.165) is 12.1 Å². The van der Waals surface area contributed by atoms with Crippen LogP contribution < -0.4 is 0 Å². The fourth-order valence-electron chi connectivity index (χ4n) is 3.05. The van der Waals surface area contributed by atoms with Crippen LogP contribution in [-0.2, 0) is 0 Å². The Bertz CT molecular complexity index is 941. The lowest BCUT2D eigenvalue weighted by molar-refractivity contribution is -0.385. The van der Waals surface area contributed by atoms with Crippen molar-refractivity contribution in [3.8, 4) is 0 Å². The Kier molecular flexibility index (Phi) is 5.60. The van der Waals surface area contributed by atoms with Gasteiger partial charge < -0.3 is 9.80 Å². The summed E-state index contributed by atoms with van der Waals surface area (Å²) in [5.74, 6) is -1.46. The van der Waals surface area contributed by atoms with Crippen molar-refractivity contribution in [3.63, 3.8) is 0 Å². The third-order valence-electron chi connectivity index (χ3n) is 4.71. The van der Waals surface area contributed by atoms with Crippen molar-refractivity contribution in [3.05, 3.63) is 74.0 Å². The molecule has 1 aliphatic rings. The van der Waals surface area contributed by atoms with Gasteiger partial charge in [0.25, 0.3) is 17.5 Å². The van der Waals surface area contributed by atoms with Crippen molar-refractivity contribution in [1.29, 1.82) is 0 Å². The zero-order valence-corrected chi connectivity index (χ0v) is 15.8. The quantitative estimate of drug-likeness (QED) is 0.579. The molecule has 9 heteroatoms. The molecule has 2 aromatic carbocycles. The molecule has 146 valence electrons. The van der Waals surface area contributed by atoms with Crippen LogP contribution in [-0.4, -0.2) is 52.7 Å². The van der Waals surface area contributed by atoms with Crippen LogP contribution in [0.5, 0.6) is 0 Å². The van der Waals surface area contributed by atoms with Crippen LogP contribution in [0.4, 0.5) is 10.1 Å². The molecular weight excluding hydrogens is 389 g/mol. The molecule has 0 aliphatic carbocycles. The van der Waals surface area contributed by atoms with Gasteiger partial charge in [-0.1, -0.05) is 11.6 Å². The summed E-state index contributed by atoms with van der Waals surface area (Å²) in [5.41, 5.74) is -0.118. The molecule has 1 fully saturated rings. The topological polar surface area (TPSA) is 83.8 Å². The number of nitro groups is 1. The number of rotatable bonds is 3. The molecule has 0 radical (unpaired) electrons. The molecule has 7 nitrogen and oxygen atoms in total. The zero-order chi connectivity index (χ0) is 20.4. The van der Waals surface area contributed by atoms with Crippen LogP contribution in [0, 0.1) is 22.9 Å². The molecular formula is C19H17ClFN3O4. The van der Waals surface area contributed by atoms with Crippen LogP contribution in [0.15, 0.2) is 36.4 Å². The first-order valence-corrected chi connectivity index (χ1v) is 8.94. The summed E-state index contributed by atoms with van der Waals surface area (Å²) in [6, 6.07) is 8.63. The number of benzene rings is 2. The first-order chi connectivity index (χ1) is 13.3. The van der Waals surface area contributed by atoms with Gasteiger partial charge in [0, 0.05) is 48.4 Å². The largest absolute Gasteiger partial charge is 0.335 e. The molecule has 1 saturated heterocycles. The van der Waals surface area contributed by atoms with E-state index in [1.807, 2.05) is 0 Å². The molecule has 0 unspecified atom stereocenters. The number of carbonyl (C=O) groups excluding carboxylic acids is 2. The number of amides is 2. The van der Waals surface area contributed by atoms with Crippen LogP contribution in [0.3, 0.4) is 0 Å². The van der Waals surface area contributed by atoms with Crippen LogP contribution in [0.25, 0.3) is 0 Å². The number of nitro benzene ring substituents is 1. The summed E-state index contributed by atoms with van der Waals surface area (Å²) in [6.07, 6.45) is 0. The Morgan fingerprint density at radius 1 is 1.00 bits per heavy atom. The minimum absolute atomic E-state index is 0.0766. The number of nitrogens with zero attached hydrogens (tertiary/aromatic N) is 3. The molecule has 3 rings (SSSR count). The molecule has 1 aliphatic heterocycles. The highest BCUT2D eigenvalue weighted by atomic mass is 35.5. The Hall–Kier alpha value is -3.00. The highest BCUT2D eigenvalue weighted by Crippen LogP contribution is 2.24. The lowest BCUT2D eigenvalue weighted by Gasteiger charge is -2.34. The van der Waals surface area contributed by atoms with Crippen LogP contribution >= 0.6 is 11.6 Å². The second-order valence-corrected chi connectivity index (χ2v) is 6.89. The van der Waals surface area contributed by atoms with Gasteiger partial charge in [-0.3, -0.25) is 19.7 Å². The Morgan fingerprint density at radius 2 is 1.50 bits per heavy atom. The predicted molar refractivity (Wildman–Crippen MR) is 101 cm³/mol. The van der Waals surface area contributed by atoms with E-state index in [9.17, 15) is 24.1 Å². The van der Waals surface area contributed by atoms with Crippen molar-refractivity contribution in [2.24, 2.45) is 0 Å². The first-order valence-electron chi connectivity index (χ1n) is 8.56. The van der Waals surface area contributed by atoms with Crippen molar-refractivity contribution < 1.29 is 18.9 Å². The maximum absolute atomic E-state index is 14.0. The van der Waals surface area contributed by atoms with Gasteiger partial charge in [0.05, 0.1) is 10.5 Å². The van der Waals surface area contributed by atoms with Crippen molar-refractivity contribution in [2.75, 3.05) is 26.2 Å². The summed E-state index contributed by atoms with van der Waals surface area (Å²) in [6.45, 7) is 2.42. The maximum Gasteiger partial charge on any atom is 0.276 e. The molecule has 0 spiro atoms. The Morgan fingerprint density at radius 3 is 2.00 bits per heavy atom. The number of piperazine rings is 1. The molecule has 1 heterocycles. The van der Waals surface area contributed by atoms with E-state index in [4.69, 9.17) is 11.6 Å². The van der Waals surface area contributed by atoms with E-state index >= 15 is 0 Å². The lowest BCUT2D eigenvalue weighted by atomic mass is 10.1. The zero-order valence-electron chi connectivity index (χ0n) is 15.0.